The number of hydrogen-bond donors (Lipinski definition) is 1. The Bertz CT molecular complexity index is 1150. The lowest BCUT2D eigenvalue weighted by atomic mass is 9.73. The number of aryl methyl sites for hydroxylation is 1. The molecule has 162 valence electrons. The molecule has 2 aromatic carbocycles. The number of nitrogens with zero attached hydrogens (tertiary/aromatic N) is 3. The molecule has 2 saturated heterocycles. The first kappa shape index (κ1) is 20.4. The lowest BCUT2D eigenvalue weighted by molar-refractivity contribution is -0.159. The number of hydrogen-bond acceptors (Lipinski definition) is 4. The van der Waals surface area contributed by atoms with Gasteiger partial charge < -0.3 is 14.9 Å². The number of carbonyl (C=O) groups is 2. The molecule has 2 amide bonds. The maximum atomic E-state index is 12.9. The Morgan fingerprint density at radius 1 is 1.09 bits per heavy atom. The van der Waals surface area contributed by atoms with Gasteiger partial charge in [-0.1, -0.05) is 54.1 Å². The Morgan fingerprint density at radius 2 is 1.91 bits per heavy atom. The summed E-state index contributed by atoms with van der Waals surface area (Å²) in [5.74, 6) is -0.322. The van der Waals surface area contributed by atoms with E-state index in [4.69, 9.17) is 0 Å². The highest BCUT2D eigenvalue weighted by atomic mass is 16.3. The fourth-order valence-corrected chi connectivity index (χ4v) is 5.05. The van der Waals surface area contributed by atoms with Crippen molar-refractivity contribution in [2.24, 2.45) is 0 Å². The summed E-state index contributed by atoms with van der Waals surface area (Å²) in [5.41, 5.74) is 5.05. The van der Waals surface area contributed by atoms with Crippen molar-refractivity contribution >= 4 is 11.8 Å². The van der Waals surface area contributed by atoms with E-state index in [0.29, 0.717) is 12.1 Å². The van der Waals surface area contributed by atoms with Gasteiger partial charge in [0.15, 0.2) is 0 Å². The van der Waals surface area contributed by atoms with Gasteiger partial charge in [-0.2, -0.15) is 0 Å². The second kappa shape index (κ2) is 8.20. The highest BCUT2D eigenvalue weighted by molar-refractivity contribution is 5.97. The second-order valence-corrected chi connectivity index (χ2v) is 8.56. The molecule has 32 heavy (non-hydrogen) atoms. The van der Waals surface area contributed by atoms with Crippen LogP contribution in [0.1, 0.15) is 27.4 Å². The first-order valence-corrected chi connectivity index (χ1v) is 10.8. The number of carbonyl (C=O) groups excluding carboxylic acids is 2. The largest absolute Gasteiger partial charge is 0.394 e. The molecular weight excluding hydrogens is 402 g/mol. The van der Waals surface area contributed by atoms with Gasteiger partial charge in [-0.05, 0) is 35.7 Å². The number of piperazine rings is 1. The third-order valence-electron chi connectivity index (χ3n) is 6.59. The number of aliphatic hydroxyl groups is 1. The average molecular weight is 428 g/mol. The van der Waals surface area contributed by atoms with E-state index >= 15 is 0 Å². The fraction of sp³-hybridized carbons (Fsp3) is 0.269. The summed E-state index contributed by atoms with van der Waals surface area (Å²) in [6.45, 7) is 2.45. The van der Waals surface area contributed by atoms with Gasteiger partial charge in [-0.25, -0.2) is 0 Å². The molecule has 3 aromatic rings. The van der Waals surface area contributed by atoms with Crippen LogP contribution in [0.25, 0.3) is 11.1 Å². The minimum absolute atomic E-state index is 0.0139. The standard InChI is InChI=1S/C26H25N3O3/c1-17-4-2-5-20(12-17)18-7-9-19(10-8-18)25-22-14-28(15-24(31)29(22)23(25)16-30)26(32)21-6-3-11-27-13-21/h2-13,22-23,25,30H,14-16H2,1H3/t22-,23+,25?/m1/s1. The molecule has 0 bridgehead atoms. The maximum Gasteiger partial charge on any atom is 0.255 e. The van der Waals surface area contributed by atoms with Crippen molar-refractivity contribution in [3.05, 3.63) is 89.7 Å². The third kappa shape index (κ3) is 3.46. The van der Waals surface area contributed by atoms with E-state index < -0.39 is 0 Å². The van der Waals surface area contributed by atoms with Crippen molar-refractivity contribution in [3.8, 4) is 11.1 Å². The number of aliphatic hydroxyl groups excluding tert-OH is 1. The van der Waals surface area contributed by atoms with Crippen LogP contribution in [0.2, 0.25) is 0 Å². The molecule has 6 heteroatoms. The van der Waals surface area contributed by atoms with Gasteiger partial charge in [0.1, 0.15) is 6.54 Å². The Hall–Kier alpha value is -3.51. The summed E-state index contributed by atoms with van der Waals surface area (Å²) < 4.78 is 0. The molecule has 5 rings (SSSR count). The van der Waals surface area contributed by atoms with E-state index in [9.17, 15) is 14.7 Å². The van der Waals surface area contributed by atoms with Crippen LogP contribution in [0.5, 0.6) is 0 Å². The van der Waals surface area contributed by atoms with Gasteiger partial charge in [0.05, 0.1) is 24.3 Å². The maximum absolute atomic E-state index is 12.9. The first-order valence-electron chi connectivity index (χ1n) is 10.8. The van der Waals surface area contributed by atoms with Crippen molar-refractivity contribution in [2.45, 2.75) is 24.9 Å². The van der Waals surface area contributed by atoms with Crippen LogP contribution in [-0.2, 0) is 4.79 Å². The second-order valence-electron chi connectivity index (χ2n) is 8.56. The number of pyridine rings is 1. The first-order chi connectivity index (χ1) is 15.6. The molecule has 2 fully saturated rings. The van der Waals surface area contributed by atoms with E-state index in [0.717, 1.165) is 16.7 Å². The van der Waals surface area contributed by atoms with Crippen LogP contribution in [0, 0.1) is 6.92 Å². The molecule has 0 aliphatic carbocycles. The van der Waals surface area contributed by atoms with Gasteiger partial charge in [0.25, 0.3) is 5.91 Å². The van der Waals surface area contributed by atoms with E-state index in [-0.39, 0.29) is 43.0 Å². The van der Waals surface area contributed by atoms with Crippen LogP contribution in [0.15, 0.2) is 73.1 Å². The third-order valence-corrected chi connectivity index (χ3v) is 6.59. The fourth-order valence-electron chi connectivity index (χ4n) is 5.05. The predicted octanol–water partition coefficient (Wildman–Crippen LogP) is 2.87. The molecule has 2 aliphatic heterocycles. The SMILES string of the molecule is Cc1cccc(-c2ccc(C3[C@H]4CN(C(=O)c5cccnc5)CC(=O)N4[C@H]3CO)cc2)c1. The average Bonchev–Trinajstić information content (AvgIpc) is 2.81. The molecule has 0 radical (unpaired) electrons. The van der Waals surface area contributed by atoms with Gasteiger partial charge in [0, 0.05) is 24.9 Å². The van der Waals surface area contributed by atoms with Crippen molar-refractivity contribution < 1.29 is 14.7 Å². The number of benzene rings is 2. The van der Waals surface area contributed by atoms with Gasteiger partial charge in [-0.15, -0.1) is 0 Å². The van der Waals surface area contributed by atoms with Crippen LogP contribution in [0.3, 0.4) is 0 Å². The van der Waals surface area contributed by atoms with Gasteiger partial charge in [-0.3, -0.25) is 14.6 Å². The van der Waals surface area contributed by atoms with Crippen molar-refractivity contribution in [1.29, 1.82) is 0 Å². The highest BCUT2D eigenvalue weighted by Gasteiger charge is 2.54. The van der Waals surface area contributed by atoms with E-state index in [1.165, 1.54) is 11.8 Å². The zero-order valence-electron chi connectivity index (χ0n) is 17.9. The Labute approximate surface area is 187 Å². The predicted molar refractivity (Wildman–Crippen MR) is 121 cm³/mol. The Morgan fingerprint density at radius 3 is 2.59 bits per heavy atom. The summed E-state index contributed by atoms with van der Waals surface area (Å²) in [6.07, 6.45) is 3.14. The van der Waals surface area contributed by atoms with Gasteiger partial charge >= 0.3 is 0 Å². The number of amides is 2. The van der Waals surface area contributed by atoms with Crippen LogP contribution >= 0.6 is 0 Å². The van der Waals surface area contributed by atoms with E-state index in [2.05, 4.69) is 54.4 Å². The molecule has 1 N–H and O–H groups in total. The normalized spacial score (nSPS) is 22.3. The molecule has 1 aromatic heterocycles. The van der Waals surface area contributed by atoms with Crippen molar-refractivity contribution in [1.82, 2.24) is 14.8 Å². The molecule has 3 heterocycles. The van der Waals surface area contributed by atoms with E-state index in [1.807, 2.05) is 6.07 Å². The quantitative estimate of drug-likeness (QED) is 0.695. The highest BCUT2D eigenvalue weighted by Crippen LogP contribution is 2.43. The summed E-state index contributed by atoms with van der Waals surface area (Å²) in [6, 6.07) is 19.7. The number of aromatic nitrogens is 1. The summed E-state index contributed by atoms with van der Waals surface area (Å²) in [4.78, 5) is 33.1. The summed E-state index contributed by atoms with van der Waals surface area (Å²) in [5, 5.41) is 10.0. The molecule has 6 nitrogen and oxygen atoms in total. The monoisotopic (exact) mass is 427 g/mol. The van der Waals surface area contributed by atoms with E-state index in [1.54, 1.807) is 28.1 Å². The number of rotatable bonds is 4. The minimum atomic E-state index is -0.257. The number of fused-ring (bicyclic) bond motifs is 1. The lowest BCUT2D eigenvalue weighted by Crippen LogP contribution is -2.73. The topological polar surface area (TPSA) is 73.7 Å². The van der Waals surface area contributed by atoms with Crippen LogP contribution < -0.4 is 0 Å². The molecule has 0 spiro atoms. The zero-order chi connectivity index (χ0) is 22.2. The molecule has 1 unspecified atom stereocenters. The lowest BCUT2D eigenvalue weighted by Gasteiger charge is -2.58. The van der Waals surface area contributed by atoms with Crippen molar-refractivity contribution in [2.75, 3.05) is 19.7 Å². The Balaban J connectivity index is 1.39. The molecule has 0 saturated carbocycles. The minimum Gasteiger partial charge on any atom is -0.394 e. The van der Waals surface area contributed by atoms with Gasteiger partial charge in [0.2, 0.25) is 5.91 Å². The van der Waals surface area contributed by atoms with Crippen LogP contribution in [0.4, 0.5) is 0 Å². The smallest absolute Gasteiger partial charge is 0.255 e. The van der Waals surface area contributed by atoms with Crippen LogP contribution in [-0.4, -0.2) is 63.5 Å². The Kier molecular flexibility index (Phi) is 5.23. The van der Waals surface area contributed by atoms with Crippen molar-refractivity contribution in [3.63, 3.8) is 0 Å². The molecular formula is C26H25N3O3. The summed E-state index contributed by atoms with van der Waals surface area (Å²) in [7, 11) is 0. The molecule has 3 atom stereocenters. The zero-order valence-corrected chi connectivity index (χ0v) is 17.9. The molecule has 2 aliphatic rings. The summed E-state index contributed by atoms with van der Waals surface area (Å²) >= 11 is 0.